The van der Waals surface area contributed by atoms with E-state index in [1.54, 1.807) is 12.2 Å². The van der Waals surface area contributed by atoms with E-state index in [9.17, 15) is 4.79 Å². The Kier molecular flexibility index (Phi) is 2.52. The second kappa shape index (κ2) is 4.37. The molecule has 3 heteroatoms. The van der Waals surface area contributed by atoms with Gasteiger partial charge in [-0.05, 0) is 43.2 Å². The van der Waals surface area contributed by atoms with Crippen molar-refractivity contribution in [3.05, 3.63) is 59.7 Å². The summed E-state index contributed by atoms with van der Waals surface area (Å²) in [4.78, 5) is 11.3. The average molecular weight is 264 g/mol. The van der Waals surface area contributed by atoms with Crippen LogP contribution in [0.4, 0.5) is 5.69 Å². The zero-order valence-corrected chi connectivity index (χ0v) is 11.2. The quantitative estimate of drug-likeness (QED) is 0.720. The Labute approximate surface area is 118 Å². The number of anilines is 1. The number of nitrogens with zero attached hydrogens (tertiary/aromatic N) is 2. The molecular formula is C17H16N2O. The van der Waals surface area contributed by atoms with Crippen LogP contribution in [-0.4, -0.2) is 23.9 Å². The lowest BCUT2D eigenvalue weighted by Crippen LogP contribution is -2.42. The maximum absolute atomic E-state index is 11.3. The number of hydrazine groups is 1. The fourth-order valence-corrected chi connectivity index (χ4v) is 3.20. The highest BCUT2D eigenvalue weighted by Gasteiger charge is 2.33. The molecule has 0 spiro atoms. The standard InChI is InChI=1S/C17H16N2O/c20-14-9-7-13(8-10-14)17-15-5-1-2-6-16(15)18-11-3-4-12-19(17)18/h1-2,5-10H,3-4,11-12H2. The number of allylic oxidation sites excluding steroid dienone is 5. The molecule has 2 heterocycles. The maximum atomic E-state index is 11.3. The Morgan fingerprint density at radius 1 is 0.850 bits per heavy atom. The molecule has 1 aromatic carbocycles. The number of rotatable bonds is 0. The summed E-state index contributed by atoms with van der Waals surface area (Å²) in [6, 6.07) is 8.53. The third kappa shape index (κ3) is 1.63. The monoisotopic (exact) mass is 264 g/mol. The first-order chi connectivity index (χ1) is 9.84. The number of hydrogen-bond acceptors (Lipinski definition) is 3. The number of para-hydroxylation sites is 1. The molecule has 0 N–H and O–H groups in total. The fourth-order valence-electron chi connectivity index (χ4n) is 3.20. The molecule has 100 valence electrons. The Balaban J connectivity index is 1.90. The molecule has 0 aromatic heterocycles. The van der Waals surface area contributed by atoms with E-state index in [0.717, 1.165) is 18.7 Å². The van der Waals surface area contributed by atoms with Crippen LogP contribution < -0.4 is 5.01 Å². The van der Waals surface area contributed by atoms with Crippen LogP contribution in [0.1, 0.15) is 18.4 Å². The molecule has 20 heavy (non-hydrogen) atoms. The number of fused-ring (bicyclic) bond motifs is 3. The van der Waals surface area contributed by atoms with Gasteiger partial charge in [-0.15, -0.1) is 0 Å². The van der Waals surface area contributed by atoms with E-state index in [0.29, 0.717) is 0 Å². The predicted molar refractivity (Wildman–Crippen MR) is 79.9 cm³/mol. The molecule has 1 saturated heterocycles. The molecule has 4 rings (SSSR count). The first-order valence-electron chi connectivity index (χ1n) is 7.13. The van der Waals surface area contributed by atoms with Crippen molar-refractivity contribution in [2.45, 2.75) is 12.8 Å². The number of carbonyl (C=O) groups excluding carboxylic acids is 1. The van der Waals surface area contributed by atoms with Gasteiger partial charge in [0.1, 0.15) is 0 Å². The molecule has 1 fully saturated rings. The van der Waals surface area contributed by atoms with Gasteiger partial charge in [0, 0.05) is 24.2 Å². The summed E-state index contributed by atoms with van der Waals surface area (Å²) in [5.74, 6) is 0.0659. The number of hydrogen-bond donors (Lipinski definition) is 0. The van der Waals surface area contributed by atoms with Gasteiger partial charge in [-0.1, -0.05) is 18.2 Å². The van der Waals surface area contributed by atoms with Crippen LogP contribution in [0.3, 0.4) is 0 Å². The lowest BCUT2D eigenvalue weighted by Gasteiger charge is -2.37. The molecule has 0 bridgehead atoms. The SMILES string of the molecule is O=C1C=CC(=C2c3ccccc3N3CCCCN23)C=C1. The summed E-state index contributed by atoms with van der Waals surface area (Å²) in [6.07, 6.45) is 9.62. The van der Waals surface area contributed by atoms with Crippen molar-refractivity contribution in [2.75, 3.05) is 18.1 Å². The van der Waals surface area contributed by atoms with Crippen LogP contribution in [0.25, 0.3) is 5.70 Å². The molecule has 0 unspecified atom stereocenters. The van der Waals surface area contributed by atoms with Gasteiger partial charge >= 0.3 is 0 Å². The van der Waals surface area contributed by atoms with Gasteiger partial charge in [-0.3, -0.25) is 14.8 Å². The smallest absolute Gasteiger partial charge is 0.178 e. The largest absolute Gasteiger partial charge is 0.290 e. The molecule has 3 nitrogen and oxygen atoms in total. The summed E-state index contributed by atoms with van der Waals surface area (Å²) in [6.45, 7) is 2.11. The first kappa shape index (κ1) is 11.5. The highest BCUT2D eigenvalue weighted by molar-refractivity contribution is 6.02. The molecular weight excluding hydrogens is 248 g/mol. The van der Waals surface area contributed by atoms with Crippen molar-refractivity contribution in [2.24, 2.45) is 0 Å². The maximum Gasteiger partial charge on any atom is 0.178 e. The zero-order chi connectivity index (χ0) is 13.5. The van der Waals surface area contributed by atoms with Crippen LogP contribution in [-0.2, 0) is 4.79 Å². The van der Waals surface area contributed by atoms with Gasteiger partial charge in [0.05, 0.1) is 11.4 Å². The molecule has 0 atom stereocenters. The summed E-state index contributed by atoms with van der Waals surface area (Å²) < 4.78 is 0. The first-order valence-corrected chi connectivity index (χ1v) is 7.13. The van der Waals surface area contributed by atoms with E-state index in [4.69, 9.17) is 0 Å². The van der Waals surface area contributed by atoms with Crippen LogP contribution in [0, 0.1) is 0 Å². The lowest BCUT2D eigenvalue weighted by molar-refractivity contribution is -0.110. The molecule has 0 radical (unpaired) electrons. The van der Waals surface area contributed by atoms with E-state index in [-0.39, 0.29) is 5.78 Å². The van der Waals surface area contributed by atoms with Crippen LogP contribution in [0.5, 0.6) is 0 Å². The third-order valence-corrected chi connectivity index (χ3v) is 4.10. The summed E-state index contributed by atoms with van der Waals surface area (Å²) in [7, 11) is 0. The van der Waals surface area contributed by atoms with Gasteiger partial charge in [0.15, 0.2) is 5.78 Å². The van der Waals surface area contributed by atoms with Crippen molar-refractivity contribution in [1.82, 2.24) is 5.01 Å². The molecule has 2 aliphatic heterocycles. The minimum atomic E-state index is 0.0659. The Bertz CT molecular complexity index is 651. The van der Waals surface area contributed by atoms with Gasteiger partial charge < -0.3 is 0 Å². The summed E-state index contributed by atoms with van der Waals surface area (Å²) in [5.41, 5.74) is 4.92. The van der Waals surface area contributed by atoms with E-state index in [2.05, 4.69) is 34.3 Å². The Morgan fingerprint density at radius 2 is 1.55 bits per heavy atom. The predicted octanol–water partition coefficient (Wildman–Crippen LogP) is 2.92. The highest BCUT2D eigenvalue weighted by Crippen LogP contribution is 2.43. The molecule has 1 aliphatic carbocycles. The van der Waals surface area contributed by atoms with Gasteiger partial charge in [-0.2, -0.15) is 0 Å². The molecule has 0 amide bonds. The van der Waals surface area contributed by atoms with Crippen LogP contribution in [0.15, 0.2) is 54.1 Å². The normalized spacial score (nSPS) is 20.5. The number of carbonyl (C=O) groups is 1. The van der Waals surface area contributed by atoms with Gasteiger partial charge in [0.2, 0.25) is 0 Å². The number of benzene rings is 1. The van der Waals surface area contributed by atoms with E-state index in [1.165, 1.54) is 29.8 Å². The topological polar surface area (TPSA) is 23.6 Å². The summed E-state index contributed by atoms with van der Waals surface area (Å²) in [5, 5.41) is 4.74. The molecule has 3 aliphatic rings. The second-order valence-electron chi connectivity index (χ2n) is 5.34. The fraction of sp³-hybridized carbons (Fsp3) is 0.235. The minimum absolute atomic E-state index is 0.0659. The summed E-state index contributed by atoms with van der Waals surface area (Å²) >= 11 is 0. The van der Waals surface area contributed by atoms with Crippen molar-refractivity contribution in [1.29, 1.82) is 0 Å². The van der Waals surface area contributed by atoms with Crippen molar-refractivity contribution < 1.29 is 4.79 Å². The second-order valence-corrected chi connectivity index (χ2v) is 5.34. The third-order valence-electron chi connectivity index (χ3n) is 4.10. The van der Waals surface area contributed by atoms with E-state index in [1.807, 2.05) is 12.2 Å². The Morgan fingerprint density at radius 3 is 2.35 bits per heavy atom. The Hall–Kier alpha value is -2.29. The van der Waals surface area contributed by atoms with Crippen molar-refractivity contribution >= 4 is 17.2 Å². The number of ketones is 1. The molecule has 1 aromatic rings. The molecule has 0 saturated carbocycles. The zero-order valence-electron chi connectivity index (χ0n) is 11.2. The lowest BCUT2D eigenvalue weighted by atomic mass is 10.0. The van der Waals surface area contributed by atoms with Crippen molar-refractivity contribution in [3.8, 4) is 0 Å². The van der Waals surface area contributed by atoms with Crippen LogP contribution in [0.2, 0.25) is 0 Å². The van der Waals surface area contributed by atoms with Crippen LogP contribution >= 0.6 is 0 Å². The van der Waals surface area contributed by atoms with E-state index >= 15 is 0 Å². The van der Waals surface area contributed by atoms with Gasteiger partial charge in [-0.25, -0.2) is 0 Å². The average Bonchev–Trinajstić information content (AvgIpc) is 2.83. The van der Waals surface area contributed by atoms with Gasteiger partial charge in [0.25, 0.3) is 0 Å². The van der Waals surface area contributed by atoms with Crippen molar-refractivity contribution in [3.63, 3.8) is 0 Å². The highest BCUT2D eigenvalue weighted by atomic mass is 16.1. The van der Waals surface area contributed by atoms with E-state index < -0.39 is 0 Å². The minimum Gasteiger partial charge on any atom is -0.290 e.